The van der Waals surface area contributed by atoms with Crippen LogP contribution in [0.15, 0.2) is 0 Å². The van der Waals surface area contributed by atoms with Crippen molar-refractivity contribution in [1.29, 1.82) is 0 Å². The maximum Gasteiger partial charge on any atom is 7.00 e. The summed E-state index contributed by atoms with van der Waals surface area (Å²) < 4.78 is 0. The molecule has 56 valence electrons. The van der Waals surface area contributed by atoms with E-state index in [-0.39, 0.29) is 139 Å². The molecule has 0 bridgehead atoms. The van der Waals surface area contributed by atoms with Crippen LogP contribution in [0.4, 0.5) is 0 Å². The van der Waals surface area contributed by atoms with Crippen LogP contribution in [0.25, 0.3) is 0 Å². The third-order valence-electron chi connectivity index (χ3n) is 0. The Hall–Kier alpha value is 4.01. The number of hydrogen-bond acceptors (Lipinski definition) is 0. The summed E-state index contributed by atoms with van der Waals surface area (Å²) in [6.45, 7) is 0. The van der Waals surface area contributed by atoms with Crippen molar-refractivity contribution < 1.29 is 139 Å². The third-order valence-corrected chi connectivity index (χ3v) is 0. The predicted octanol–water partition coefficient (Wildman–Crippen LogP) is -21.0. The van der Waals surface area contributed by atoms with Gasteiger partial charge >= 0.3 is 20.1 Å². The van der Waals surface area contributed by atoms with E-state index in [1.807, 2.05) is 0 Å². The van der Waals surface area contributed by atoms with Gasteiger partial charge in [-0.1, -0.05) is 0 Å². The maximum atomic E-state index is 0. The Balaban J connectivity index is 0. The first kappa shape index (κ1) is 90.6. The molecule has 0 N–H and O–H groups in total. The van der Waals surface area contributed by atoms with Gasteiger partial charge in [-0.05, 0) is 0 Å². The molecular formula is Br7Tc. The minimum Gasteiger partial charge on any atom is -1.00 e. The van der Waals surface area contributed by atoms with Crippen molar-refractivity contribution in [2.75, 3.05) is 0 Å². The summed E-state index contributed by atoms with van der Waals surface area (Å²) in [5.41, 5.74) is 0. The monoisotopic (exact) mass is 649 g/mol. The fourth-order valence-electron chi connectivity index (χ4n) is 0. The van der Waals surface area contributed by atoms with Gasteiger partial charge in [0.2, 0.25) is 0 Å². The van der Waals surface area contributed by atoms with Gasteiger partial charge in [0, 0.05) is 0 Å². The molecular weight excluding hydrogens is 657 g/mol. The molecule has 0 saturated carbocycles. The van der Waals surface area contributed by atoms with Gasteiger partial charge in [-0.3, -0.25) is 0 Å². The molecule has 0 aromatic rings. The van der Waals surface area contributed by atoms with Gasteiger partial charge in [0.15, 0.2) is 0 Å². The molecule has 0 aliphatic carbocycles. The van der Waals surface area contributed by atoms with Crippen LogP contribution in [0.1, 0.15) is 0 Å². The van der Waals surface area contributed by atoms with E-state index in [0.717, 1.165) is 0 Å². The summed E-state index contributed by atoms with van der Waals surface area (Å²) in [6, 6.07) is 0. The minimum absolute atomic E-state index is 0. The van der Waals surface area contributed by atoms with E-state index < -0.39 is 0 Å². The van der Waals surface area contributed by atoms with E-state index in [4.69, 9.17) is 0 Å². The zero-order chi connectivity index (χ0) is 0. The second-order valence-electron chi connectivity index (χ2n) is 0. The van der Waals surface area contributed by atoms with E-state index in [9.17, 15) is 0 Å². The summed E-state index contributed by atoms with van der Waals surface area (Å²) in [4.78, 5) is 0. The van der Waals surface area contributed by atoms with Crippen molar-refractivity contribution in [2.24, 2.45) is 0 Å². The molecule has 0 aliphatic rings. The third kappa shape index (κ3) is 50.5. The van der Waals surface area contributed by atoms with Crippen LogP contribution in [-0.2, 0) is 20.1 Å². The van der Waals surface area contributed by atoms with Crippen LogP contribution in [0, 0.1) is 0 Å². The fourth-order valence-corrected chi connectivity index (χ4v) is 0. The molecule has 0 spiro atoms. The molecule has 8 heavy (non-hydrogen) atoms. The molecule has 0 aromatic carbocycles. The number of halogens is 7. The maximum absolute atomic E-state index is 0. The van der Waals surface area contributed by atoms with Crippen LogP contribution in [-0.4, -0.2) is 0 Å². The zero-order valence-electron chi connectivity index (χ0n) is 3.02. The Morgan fingerprint density at radius 1 is 0.250 bits per heavy atom. The van der Waals surface area contributed by atoms with Gasteiger partial charge < -0.3 is 119 Å². The van der Waals surface area contributed by atoms with Crippen molar-refractivity contribution in [3.8, 4) is 0 Å². The predicted molar refractivity (Wildman–Crippen MR) is 0 cm³/mol. The van der Waals surface area contributed by atoms with E-state index in [1.54, 1.807) is 0 Å². The summed E-state index contributed by atoms with van der Waals surface area (Å²) in [6.07, 6.45) is 0. The van der Waals surface area contributed by atoms with Gasteiger partial charge in [-0.15, -0.1) is 0 Å². The smallest absolute Gasteiger partial charge is 1.00 e. The molecule has 0 saturated heterocycles. The van der Waals surface area contributed by atoms with Crippen molar-refractivity contribution in [3.05, 3.63) is 0 Å². The Morgan fingerprint density at radius 3 is 0.250 bits per heavy atom. The molecule has 0 nitrogen and oxygen atoms in total. The van der Waals surface area contributed by atoms with Crippen molar-refractivity contribution in [2.45, 2.75) is 0 Å². The largest absolute Gasteiger partial charge is 7.00 e. The summed E-state index contributed by atoms with van der Waals surface area (Å²) in [5.74, 6) is 0. The molecule has 0 rings (SSSR count). The number of hydrogen-bond donors (Lipinski definition) is 0. The molecule has 0 unspecified atom stereocenters. The van der Waals surface area contributed by atoms with Gasteiger partial charge in [0.1, 0.15) is 0 Å². The van der Waals surface area contributed by atoms with Crippen LogP contribution in [0.2, 0.25) is 0 Å². The summed E-state index contributed by atoms with van der Waals surface area (Å²) in [7, 11) is 0. The van der Waals surface area contributed by atoms with Crippen molar-refractivity contribution >= 4 is 0 Å². The van der Waals surface area contributed by atoms with Crippen molar-refractivity contribution in [3.63, 3.8) is 0 Å². The van der Waals surface area contributed by atoms with Crippen LogP contribution in [0.5, 0.6) is 0 Å². The molecule has 0 fully saturated rings. The summed E-state index contributed by atoms with van der Waals surface area (Å²) in [5, 5.41) is 0. The molecule has 0 radical (unpaired) electrons. The van der Waals surface area contributed by atoms with Gasteiger partial charge in [-0.25, -0.2) is 0 Å². The van der Waals surface area contributed by atoms with E-state index in [2.05, 4.69) is 0 Å². The van der Waals surface area contributed by atoms with E-state index in [0.29, 0.717) is 0 Å². The normalized spacial score (nSPS) is 0. The first-order chi connectivity index (χ1) is 0. The Bertz CT molecular complexity index is 4.35. The second kappa shape index (κ2) is 68.6. The SMILES string of the molecule is [Br-].[Br-].[Br-].[Br-].[Br-].[Br-].[Br-].[Tc+7]. The van der Waals surface area contributed by atoms with Crippen LogP contribution in [0.3, 0.4) is 0 Å². The molecule has 0 heterocycles. The fraction of sp³-hybridized carbons (Fsp3) is 0. The average molecular weight is 657 g/mol. The Kier molecular flexibility index (Phi) is 777. The Morgan fingerprint density at radius 2 is 0.250 bits per heavy atom. The van der Waals surface area contributed by atoms with Gasteiger partial charge in [0.25, 0.3) is 0 Å². The quantitative estimate of drug-likeness (QED) is 0.243. The molecule has 0 aliphatic heterocycles. The van der Waals surface area contributed by atoms with Gasteiger partial charge in [0.05, 0.1) is 0 Å². The summed E-state index contributed by atoms with van der Waals surface area (Å²) >= 11 is 0. The van der Waals surface area contributed by atoms with Gasteiger partial charge in [-0.2, -0.15) is 0 Å². The standard InChI is InChI=1S/7BrH.Tc/h7*1H;/q;;;;;;;+7/p-7. The first-order valence-corrected chi connectivity index (χ1v) is 0. The minimum atomic E-state index is 0. The Labute approximate surface area is 136 Å². The number of rotatable bonds is 0. The first-order valence-electron chi connectivity index (χ1n) is 0. The topological polar surface area (TPSA) is 0 Å². The molecule has 0 atom stereocenters. The molecule has 8 heteroatoms. The van der Waals surface area contributed by atoms with E-state index >= 15 is 0 Å². The molecule has 0 aromatic heterocycles. The van der Waals surface area contributed by atoms with Crippen molar-refractivity contribution in [1.82, 2.24) is 0 Å². The average Bonchev–Trinajstić information content (AvgIpc) is 0. The van der Waals surface area contributed by atoms with Crippen LogP contribution < -0.4 is 119 Å². The van der Waals surface area contributed by atoms with Crippen LogP contribution >= 0.6 is 0 Å². The van der Waals surface area contributed by atoms with E-state index in [1.165, 1.54) is 0 Å². The molecule has 0 amide bonds. The second-order valence-corrected chi connectivity index (χ2v) is 0. The zero-order valence-corrected chi connectivity index (χ0v) is 16.0.